The molecule has 15 heavy (non-hydrogen) atoms. The fraction of sp³-hybridized carbons (Fsp3) is 0.455. The molecule has 1 saturated carbocycles. The van der Waals surface area contributed by atoms with Crippen LogP contribution < -0.4 is 11.1 Å². The number of nitrogens with one attached hydrogen (secondary N) is 1. The van der Waals surface area contributed by atoms with Crippen molar-refractivity contribution in [1.29, 1.82) is 0 Å². The second kappa shape index (κ2) is 4.00. The number of rotatable bonds is 2. The summed E-state index contributed by atoms with van der Waals surface area (Å²) in [6.45, 7) is 2.22. The molecule has 3 N–H and O–H groups in total. The monoisotopic (exact) mass is 272 g/mol. The van der Waals surface area contributed by atoms with Crippen LogP contribution >= 0.6 is 15.9 Å². The Morgan fingerprint density at radius 3 is 2.73 bits per heavy atom. The molecule has 0 bridgehead atoms. The van der Waals surface area contributed by atoms with Crippen molar-refractivity contribution in [2.45, 2.75) is 25.8 Å². The van der Waals surface area contributed by atoms with Crippen molar-refractivity contribution >= 4 is 27.3 Å². The fourth-order valence-electron chi connectivity index (χ4n) is 1.93. The van der Waals surface area contributed by atoms with Crippen molar-refractivity contribution in [2.75, 3.05) is 11.1 Å². The molecule has 2 rings (SSSR count). The summed E-state index contributed by atoms with van der Waals surface area (Å²) in [5.74, 6) is 0.465. The predicted molar refractivity (Wildman–Crippen MR) is 64.3 cm³/mol. The highest BCUT2D eigenvalue weighted by Gasteiger charge is 2.25. The second-order valence-corrected chi connectivity index (χ2v) is 5.13. The molecular formula is C11H14BrFN2. The number of benzene rings is 1. The Balaban J connectivity index is 2.11. The van der Waals surface area contributed by atoms with Crippen LogP contribution in [0.5, 0.6) is 0 Å². The zero-order chi connectivity index (χ0) is 11.0. The van der Waals surface area contributed by atoms with Gasteiger partial charge in [-0.3, -0.25) is 0 Å². The van der Waals surface area contributed by atoms with Crippen LogP contribution in [-0.4, -0.2) is 6.04 Å². The van der Waals surface area contributed by atoms with Gasteiger partial charge in [-0.15, -0.1) is 0 Å². The molecule has 0 atom stereocenters. The lowest BCUT2D eigenvalue weighted by Gasteiger charge is -2.34. The highest BCUT2D eigenvalue weighted by atomic mass is 79.9. The maximum Gasteiger partial charge on any atom is 0.139 e. The molecule has 0 aromatic heterocycles. The molecule has 1 fully saturated rings. The fourth-order valence-corrected chi connectivity index (χ4v) is 2.27. The first-order valence-electron chi connectivity index (χ1n) is 5.07. The maximum atomic E-state index is 13.1. The van der Waals surface area contributed by atoms with E-state index in [1.807, 2.05) is 0 Å². The summed E-state index contributed by atoms with van der Waals surface area (Å²) in [6, 6.07) is 3.53. The van der Waals surface area contributed by atoms with Crippen LogP contribution in [0.15, 0.2) is 16.6 Å². The van der Waals surface area contributed by atoms with E-state index in [0.29, 0.717) is 16.2 Å². The van der Waals surface area contributed by atoms with Crippen molar-refractivity contribution < 1.29 is 4.39 Å². The minimum Gasteiger partial charge on any atom is -0.397 e. The first-order chi connectivity index (χ1) is 7.06. The number of hydrogen-bond donors (Lipinski definition) is 2. The average molecular weight is 273 g/mol. The Bertz CT molecular complexity index is 375. The Kier molecular flexibility index (Phi) is 2.87. The molecule has 0 saturated heterocycles. The summed E-state index contributed by atoms with van der Waals surface area (Å²) in [4.78, 5) is 0. The van der Waals surface area contributed by atoms with Crippen molar-refractivity contribution in [3.05, 3.63) is 22.4 Å². The van der Waals surface area contributed by atoms with Gasteiger partial charge in [-0.05, 0) is 40.8 Å². The quantitative estimate of drug-likeness (QED) is 0.811. The molecule has 1 aliphatic rings. The van der Waals surface area contributed by atoms with Gasteiger partial charge >= 0.3 is 0 Å². The largest absolute Gasteiger partial charge is 0.397 e. The van der Waals surface area contributed by atoms with E-state index in [0.717, 1.165) is 24.4 Å². The van der Waals surface area contributed by atoms with Gasteiger partial charge in [-0.1, -0.05) is 6.92 Å². The molecule has 0 unspecified atom stereocenters. The second-order valence-electron chi connectivity index (χ2n) is 4.27. The van der Waals surface area contributed by atoms with Crippen molar-refractivity contribution in [1.82, 2.24) is 0 Å². The number of nitrogens with two attached hydrogens (primary N) is 1. The lowest BCUT2D eigenvalue weighted by Crippen LogP contribution is -2.34. The van der Waals surface area contributed by atoms with Gasteiger partial charge in [0.2, 0.25) is 0 Å². The molecule has 0 aliphatic heterocycles. The highest BCUT2D eigenvalue weighted by molar-refractivity contribution is 9.10. The molecule has 1 aromatic carbocycles. The maximum absolute atomic E-state index is 13.1. The number of nitrogen functional groups attached to an aromatic ring is 1. The Morgan fingerprint density at radius 1 is 1.47 bits per heavy atom. The Hall–Kier alpha value is -0.770. The van der Waals surface area contributed by atoms with Gasteiger partial charge in [0.15, 0.2) is 0 Å². The number of halogens is 2. The van der Waals surface area contributed by atoms with Crippen LogP contribution in [0.2, 0.25) is 0 Å². The average Bonchev–Trinajstić information content (AvgIpc) is 2.11. The van der Waals surface area contributed by atoms with Crippen LogP contribution in [0.1, 0.15) is 19.8 Å². The molecule has 82 valence electrons. The van der Waals surface area contributed by atoms with E-state index in [1.54, 1.807) is 6.07 Å². The minimum absolute atomic E-state index is 0.319. The number of hydrogen-bond acceptors (Lipinski definition) is 2. The van der Waals surface area contributed by atoms with Gasteiger partial charge in [-0.2, -0.15) is 0 Å². The summed E-state index contributed by atoms with van der Waals surface area (Å²) in [5, 5.41) is 3.32. The molecular weight excluding hydrogens is 259 g/mol. The molecule has 0 spiro atoms. The van der Waals surface area contributed by atoms with Crippen molar-refractivity contribution in [3.63, 3.8) is 0 Å². The van der Waals surface area contributed by atoms with Gasteiger partial charge in [0, 0.05) is 12.1 Å². The van der Waals surface area contributed by atoms with Crippen LogP contribution in [0.3, 0.4) is 0 Å². The molecule has 4 heteroatoms. The van der Waals surface area contributed by atoms with Crippen molar-refractivity contribution in [2.24, 2.45) is 5.92 Å². The summed E-state index contributed by atoms with van der Waals surface area (Å²) >= 11 is 3.15. The third-order valence-electron chi connectivity index (χ3n) is 2.83. The van der Waals surface area contributed by atoms with Gasteiger partial charge < -0.3 is 11.1 Å². The molecule has 1 aliphatic carbocycles. The first-order valence-corrected chi connectivity index (χ1v) is 5.86. The van der Waals surface area contributed by atoms with Crippen LogP contribution in [0.4, 0.5) is 15.8 Å². The lowest BCUT2D eigenvalue weighted by atomic mass is 9.82. The van der Waals surface area contributed by atoms with E-state index in [4.69, 9.17) is 5.73 Å². The molecule has 2 nitrogen and oxygen atoms in total. The Morgan fingerprint density at radius 2 is 2.13 bits per heavy atom. The smallest absolute Gasteiger partial charge is 0.139 e. The van der Waals surface area contributed by atoms with E-state index in [9.17, 15) is 4.39 Å². The highest BCUT2D eigenvalue weighted by Crippen LogP contribution is 2.33. The van der Waals surface area contributed by atoms with Crippen molar-refractivity contribution in [3.8, 4) is 0 Å². The van der Waals surface area contributed by atoms with E-state index in [-0.39, 0.29) is 5.82 Å². The summed E-state index contributed by atoms with van der Waals surface area (Å²) < 4.78 is 13.6. The summed E-state index contributed by atoms with van der Waals surface area (Å²) in [6.07, 6.45) is 2.32. The van der Waals surface area contributed by atoms with Gasteiger partial charge in [0.25, 0.3) is 0 Å². The molecule has 1 aromatic rings. The van der Waals surface area contributed by atoms with Gasteiger partial charge in [0.05, 0.1) is 15.8 Å². The zero-order valence-electron chi connectivity index (χ0n) is 8.56. The molecule has 0 amide bonds. The third-order valence-corrected chi connectivity index (χ3v) is 3.43. The van der Waals surface area contributed by atoms with Gasteiger partial charge in [-0.25, -0.2) is 4.39 Å². The predicted octanol–water partition coefficient (Wildman–Crippen LogP) is 3.38. The number of anilines is 2. The minimum atomic E-state index is -0.319. The lowest BCUT2D eigenvalue weighted by molar-refractivity contribution is 0.309. The van der Waals surface area contributed by atoms with Crippen LogP contribution in [0.25, 0.3) is 0 Å². The SMILES string of the molecule is CC1CC(Nc2cc(Br)c(F)cc2N)C1. The van der Waals surface area contributed by atoms with E-state index >= 15 is 0 Å². The van der Waals surface area contributed by atoms with E-state index in [2.05, 4.69) is 28.2 Å². The standard InChI is InChI=1S/C11H14BrFN2/c1-6-2-7(3-6)15-11-4-8(12)9(13)5-10(11)14/h4-7,15H,2-3,14H2,1H3. The zero-order valence-corrected chi connectivity index (χ0v) is 10.1. The normalized spacial score (nSPS) is 24.7. The molecule has 0 heterocycles. The third kappa shape index (κ3) is 2.25. The van der Waals surface area contributed by atoms with E-state index in [1.165, 1.54) is 6.07 Å². The topological polar surface area (TPSA) is 38.0 Å². The summed E-state index contributed by atoms with van der Waals surface area (Å²) in [5.41, 5.74) is 7.02. The molecule has 0 radical (unpaired) electrons. The Labute approximate surface area is 97.2 Å². The van der Waals surface area contributed by atoms with E-state index < -0.39 is 0 Å². The first kappa shape index (κ1) is 10.7. The van der Waals surface area contributed by atoms with Crippen LogP contribution in [0, 0.1) is 11.7 Å². The van der Waals surface area contributed by atoms with Gasteiger partial charge in [0.1, 0.15) is 5.82 Å². The summed E-state index contributed by atoms with van der Waals surface area (Å²) in [7, 11) is 0. The van der Waals surface area contributed by atoms with Crippen LogP contribution in [-0.2, 0) is 0 Å².